The molecule has 63 heavy (non-hydrogen) atoms. The first-order chi connectivity index (χ1) is 27.2. The summed E-state index contributed by atoms with van der Waals surface area (Å²) in [6.45, 7) is 13.5. The molecular formula is C52H48Cl4N2Si2Zr3+6. The van der Waals surface area contributed by atoms with Crippen LogP contribution in [0.5, 0.6) is 0 Å². The summed E-state index contributed by atoms with van der Waals surface area (Å²) in [5.41, 5.74) is 20.2. The van der Waals surface area contributed by atoms with Crippen molar-refractivity contribution in [2.45, 2.75) is 40.0 Å². The zero-order chi connectivity index (χ0) is 39.0. The first-order valence-electron chi connectivity index (χ1n) is 19.3. The molecule has 0 radical (unpaired) electrons. The van der Waals surface area contributed by atoms with Gasteiger partial charge in [0.1, 0.15) is 0 Å². The Morgan fingerprint density at radius 2 is 0.968 bits per heavy atom. The van der Waals surface area contributed by atoms with Crippen molar-refractivity contribution in [3.05, 3.63) is 203 Å². The number of aliphatic imine (C=N–C) groups is 2. The quantitative estimate of drug-likeness (QED) is 0.186. The summed E-state index contributed by atoms with van der Waals surface area (Å²) in [6, 6.07) is 43.1. The maximum absolute atomic E-state index is 4.24. The Morgan fingerprint density at radius 1 is 0.508 bits per heavy atom. The van der Waals surface area contributed by atoms with E-state index in [2.05, 4.69) is 213 Å². The van der Waals surface area contributed by atoms with E-state index in [4.69, 9.17) is 0 Å². The Hall–Kier alpha value is -2.14. The Morgan fingerprint density at radius 3 is 1.41 bits per heavy atom. The van der Waals surface area contributed by atoms with Crippen molar-refractivity contribution >= 4 is 61.6 Å². The van der Waals surface area contributed by atoms with E-state index in [0.29, 0.717) is 0 Å². The van der Waals surface area contributed by atoms with Gasteiger partial charge in [-0.1, -0.05) is 135 Å². The molecule has 0 saturated heterocycles. The molecule has 308 valence electrons. The standard InChI is InChI=1S/2C16H13.2C10H11NSi.4ClH.3Zr/c2*1-12-10-14-8-5-9-15(16(14)11-12)13-6-3-2-4-7-13;1-12(2)7-8-3-9-5-11-6-10(9)4-8;1-12(2)7-8-5-9-3-4-11-10(9)6-8;;;;;;;/h2*2-11H,1H3;2*3-7H,1-2H3;4*1H;;;/q2*-1;;;;;;;3*+4/p-4. The molecule has 0 unspecified atom stereocenters. The van der Waals surface area contributed by atoms with Crippen LogP contribution in [0.3, 0.4) is 0 Å². The summed E-state index contributed by atoms with van der Waals surface area (Å²) < 4.78 is 0. The van der Waals surface area contributed by atoms with Crippen LogP contribution < -0.4 is 49.6 Å². The summed E-state index contributed by atoms with van der Waals surface area (Å²) in [4.78, 5) is 8.31. The van der Waals surface area contributed by atoms with Crippen molar-refractivity contribution in [3.63, 3.8) is 0 Å². The maximum atomic E-state index is 4.24. The SMILES string of the molecule is C[Si](C)=CC1=CC2=CN=CC2=C1.C[Si](C)=CC1=CC2=NC=CC2=C1.Cc1cc2c(-c3ccccc3)cccc2[cH-]1.Cc1cc2c(-c3ccccc3)cccc2[cH-]1.[Cl-].[Cl-].[Cl-].[Cl-].[Zr+4].[Zr+4].[Zr+4]. The normalized spacial score (nSPS) is 12.5. The number of hydrogen-bond acceptors (Lipinski definition) is 2. The molecule has 4 aliphatic rings. The molecule has 6 aromatic rings. The van der Waals surface area contributed by atoms with E-state index < -0.39 is 0 Å². The molecule has 6 aromatic carbocycles. The van der Waals surface area contributed by atoms with Gasteiger partial charge in [-0.25, -0.2) is 0 Å². The number of allylic oxidation sites excluding steroid dienone is 10. The van der Waals surface area contributed by atoms with E-state index in [9.17, 15) is 0 Å². The molecule has 11 heteroatoms. The second kappa shape index (κ2) is 29.5. The number of aryl methyl sites for hydroxylation is 2. The van der Waals surface area contributed by atoms with Gasteiger partial charge in [-0.15, -0.1) is 69.1 Å². The van der Waals surface area contributed by atoms with Crippen LogP contribution in [0.1, 0.15) is 11.1 Å². The number of halogens is 4. The molecule has 0 amide bonds. The van der Waals surface area contributed by atoms with Crippen LogP contribution >= 0.6 is 0 Å². The van der Waals surface area contributed by atoms with Gasteiger partial charge in [0.2, 0.25) is 0 Å². The van der Waals surface area contributed by atoms with Gasteiger partial charge in [-0.05, 0) is 52.7 Å². The Labute approximate surface area is 459 Å². The van der Waals surface area contributed by atoms with E-state index in [0.717, 1.165) is 5.71 Å². The summed E-state index contributed by atoms with van der Waals surface area (Å²) >= 11 is 0. The van der Waals surface area contributed by atoms with E-state index in [1.54, 1.807) is 0 Å². The van der Waals surface area contributed by atoms with Crippen molar-refractivity contribution in [1.82, 2.24) is 0 Å². The predicted octanol–water partition coefficient (Wildman–Crippen LogP) is 0.996. The van der Waals surface area contributed by atoms with Crippen LogP contribution in [0.15, 0.2) is 202 Å². The van der Waals surface area contributed by atoms with Crippen LogP contribution in [0.25, 0.3) is 43.8 Å². The van der Waals surface area contributed by atoms with Crippen LogP contribution in [0.2, 0.25) is 26.2 Å². The van der Waals surface area contributed by atoms with Gasteiger partial charge in [0, 0.05) is 52.2 Å². The van der Waals surface area contributed by atoms with E-state index in [1.165, 1.54) is 82.8 Å². The molecule has 10 rings (SSSR count). The van der Waals surface area contributed by atoms with Crippen molar-refractivity contribution < 1.29 is 128 Å². The fourth-order valence-electron chi connectivity index (χ4n) is 7.31. The third kappa shape index (κ3) is 16.6. The summed E-state index contributed by atoms with van der Waals surface area (Å²) in [6.07, 6.45) is 16.5. The molecule has 0 saturated carbocycles. The third-order valence-electron chi connectivity index (χ3n) is 9.66. The fourth-order valence-corrected chi connectivity index (χ4v) is 8.98. The minimum atomic E-state index is -0.265. The molecule has 2 aliphatic heterocycles. The predicted molar refractivity (Wildman–Crippen MR) is 252 cm³/mol. The fraction of sp³-hybridized carbons (Fsp3) is 0.115. The Balaban J connectivity index is 0.000000791. The van der Waals surface area contributed by atoms with Gasteiger partial charge in [0.05, 0.1) is 5.71 Å². The van der Waals surface area contributed by atoms with Gasteiger partial charge in [0.25, 0.3) is 0 Å². The van der Waals surface area contributed by atoms with Crippen molar-refractivity contribution in [2.75, 3.05) is 0 Å². The van der Waals surface area contributed by atoms with Crippen LogP contribution in [-0.4, -0.2) is 40.1 Å². The largest absolute Gasteiger partial charge is 4.00 e. The van der Waals surface area contributed by atoms with Gasteiger partial charge in [0.15, 0.2) is 0 Å². The third-order valence-corrected chi connectivity index (χ3v) is 11.5. The first-order valence-corrected chi connectivity index (χ1v) is 24.4. The van der Waals surface area contributed by atoms with E-state index in [1.807, 2.05) is 18.6 Å². The molecular weight excluding hydrogens is 1120 g/mol. The number of hydrogen-bond donors (Lipinski definition) is 0. The Bertz CT molecular complexity index is 2560. The monoisotopic (exact) mass is 1170 g/mol. The maximum Gasteiger partial charge on any atom is 4.00 e. The zero-order valence-corrected chi connectivity index (χ0v) is 48.6. The number of rotatable bonds is 4. The molecule has 0 bridgehead atoms. The van der Waals surface area contributed by atoms with E-state index in [-0.39, 0.29) is 145 Å². The molecule has 2 heterocycles. The summed E-state index contributed by atoms with van der Waals surface area (Å²) in [7, 11) is -0.522. The van der Waals surface area contributed by atoms with Crippen molar-refractivity contribution in [2.24, 2.45) is 9.98 Å². The minimum absolute atomic E-state index is 0. The van der Waals surface area contributed by atoms with Crippen molar-refractivity contribution in [3.8, 4) is 22.3 Å². The summed E-state index contributed by atoms with van der Waals surface area (Å²) in [5.74, 6) is 0. The first kappa shape index (κ1) is 60.9. The molecule has 0 N–H and O–H groups in total. The molecule has 2 aliphatic carbocycles. The van der Waals surface area contributed by atoms with Gasteiger partial charge >= 0.3 is 78.6 Å². The average molecular weight is 1170 g/mol. The number of nitrogens with zero attached hydrogens (tertiary/aromatic N) is 2. The molecule has 0 atom stereocenters. The van der Waals surface area contributed by atoms with Gasteiger partial charge < -0.3 is 49.6 Å². The van der Waals surface area contributed by atoms with Gasteiger partial charge in [-0.3, -0.25) is 9.98 Å². The Kier molecular flexibility index (Phi) is 28.5. The second-order valence-corrected chi connectivity index (χ2v) is 19.9. The minimum Gasteiger partial charge on any atom is -1.00 e. The van der Waals surface area contributed by atoms with E-state index >= 15 is 0 Å². The zero-order valence-electron chi connectivity index (χ0n) is 36.2. The van der Waals surface area contributed by atoms with Crippen molar-refractivity contribution in [1.29, 1.82) is 0 Å². The summed E-state index contributed by atoms with van der Waals surface area (Å²) in [5, 5.41) is 5.37. The van der Waals surface area contributed by atoms with Crippen LogP contribution in [-0.2, 0) is 78.6 Å². The second-order valence-electron chi connectivity index (χ2n) is 15.0. The smallest absolute Gasteiger partial charge is 1.00 e. The average Bonchev–Trinajstić information content (AvgIpc) is 4.03. The van der Waals surface area contributed by atoms with Crippen LogP contribution in [0.4, 0.5) is 0 Å². The molecule has 0 aromatic heterocycles. The van der Waals surface area contributed by atoms with Gasteiger partial charge in [-0.2, -0.15) is 12.1 Å². The number of fused-ring (bicyclic) bond motifs is 4. The molecule has 0 spiro atoms. The number of benzene rings is 4. The topological polar surface area (TPSA) is 24.7 Å². The molecule has 2 nitrogen and oxygen atoms in total. The van der Waals surface area contributed by atoms with Crippen LogP contribution in [0, 0.1) is 13.8 Å². The molecule has 0 fully saturated rings.